The predicted octanol–water partition coefficient (Wildman–Crippen LogP) is 5.51. The normalized spacial score (nSPS) is 16.8. The van der Waals surface area contributed by atoms with E-state index in [0.29, 0.717) is 19.5 Å². The molecule has 168 valence electrons. The Kier molecular flexibility index (Phi) is 12.8. The number of carbonyl (C=O) groups excluding carboxylic acids is 1. The lowest BCUT2D eigenvalue weighted by atomic mass is 10.1. The summed E-state index contributed by atoms with van der Waals surface area (Å²) in [5.41, 5.74) is 1.90. The van der Waals surface area contributed by atoms with Gasteiger partial charge in [0.15, 0.2) is 0 Å². The van der Waals surface area contributed by atoms with Crippen LogP contribution in [0.5, 0.6) is 0 Å². The van der Waals surface area contributed by atoms with Crippen molar-refractivity contribution >= 4 is 45.6 Å². The van der Waals surface area contributed by atoms with Crippen molar-refractivity contribution in [3.05, 3.63) is 54.6 Å². The second kappa shape index (κ2) is 15.8. The van der Waals surface area contributed by atoms with Crippen LogP contribution in [0.3, 0.4) is 0 Å². The minimum absolute atomic E-state index is 0.157. The number of amides is 1. The Morgan fingerprint density at radius 3 is 2.87 bits per heavy atom. The van der Waals surface area contributed by atoms with Crippen LogP contribution < -0.4 is 10.3 Å². The summed E-state index contributed by atoms with van der Waals surface area (Å²) in [6, 6.07) is 9.95. The molecular formula is C24H34N4OS2. The molecule has 1 amide bonds. The van der Waals surface area contributed by atoms with Crippen LogP contribution in [0.15, 0.2) is 64.7 Å². The second-order valence-electron chi connectivity index (χ2n) is 7.31. The van der Waals surface area contributed by atoms with Crippen LogP contribution in [-0.2, 0) is 4.79 Å². The number of nitrogens with zero attached hydrogens (tertiary/aromatic N) is 3. The SMILES string of the molecule is C=CC(/C=N/N(C)c1ccccc1)=C\C=NCCCNC(=O)CCCCC1CCSS1. The van der Waals surface area contributed by atoms with Gasteiger partial charge in [0.1, 0.15) is 0 Å². The highest BCUT2D eigenvalue weighted by Crippen LogP contribution is 2.39. The van der Waals surface area contributed by atoms with E-state index < -0.39 is 0 Å². The Bertz CT molecular complexity index is 743. The van der Waals surface area contributed by atoms with Gasteiger partial charge in [-0.3, -0.25) is 14.8 Å². The van der Waals surface area contributed by atoms with E-state index in [9.17, 15) is 4.79 Å². The minimum atomic E-state index is 0.157. The molecule has 0 bridgehead atoms. The predicted molar refractivity (Wildman–Crippen MR) is 140 cm³/mol. The molecule has 1 aliphatic heterocycles. The third-order valence-electron chi connectivity index (χ3n) is 4.81. The van der Waals surface area contributed by atoms with E-state index in [4.69, 9.17) is 0 Å². The van der Waals surface area contributed by atoms with Crippen molar-refractivity contribution in [2.45, 2.75) is 43.8 Å². The van der Waals surface area contributed by atoms with Gasteiger partial charge >= 0.3 is 0 Å². The molecule has 1 fully saturated rings. The van der Waals surface area contributed by atoms with E-state index in [-0.39, 0.29) is 5.91 Å². The molecule has 7 heteroatoms. The van der Waals surface area contributed by atoms with E-state index in [1.807, 2.05) is 70.1 Å². The number of nitrogens with one attached hydrogen (secondary N) is 1. The fourth-order valence-electron chi connectivity index (χ4n) is 2.95. The van der Waals surface area contributed by atoms with Crippen LogP contribution in [0.2, 0.25) is 0 Å². The van der Waals surface area contributed by atoms with Gasteiger partial charge in [0.2, 0.25) is 5.91 Å². The van der Waals surface area contributed by atoms with Gasteiger partial charge in [-0.05, 0) is 49.5 Å². The number of hydrogen-bond donors (Lipinski definition) is 1. The molecule has 1 atom stereocenters. The highest BCUT2D eigenvalue weighted by Gasteiger charge is 2.15. The minimum Gasteiger partial charge on any atom is -0.356 e. The molecule has 31 heavy (non-hydrogen) atoms. The van der Waals surface area contributed by atoms with Gasteiger partial charge < -0.3 is 5.32 Å². The van der Waals surface area contributed by atoms with Crippen LogP contribution in [0.4, 0.5) is 5.69 Å². The lowest BCUT2D eigenvalue weighted by Gasteiger charge is -2.12. The van der Waals surface area contributed by atoms with Crippen LogP contribution in [0.25, 0.3) is 0 Å². The second-order valence-corrected chi connectivity index (χ2v) is 10.1. The number of unbranched alkanes of at least 4 members (excludes halogenated alkanes) is 1. The zero-order valence-corrected chi connectivity index (χ0v) is 20.0. The number of benzene rings is 1. The highest BCUT2D eigenvalue weighted by molar-refractivity contribution is 8.77. The molecule has 1 aliphatic rings. The molecule has 5 nitrogen and oxygen atoms in total. The first-order chi connectivity index (χ1) is 15.2. The summed E-state index contributed by atoms with van der Waals surface area (Å²) in [5.74, 6) is 1.44. The molecule has 1 heterocycles. The van der Waals surface area contributed by atoms with Gasteiger partial charge in [-0.2, -0.15) is 5.10 Å². The topological polar surface area (TPSA) is 57.1 Å². The van der Waals surface area contributed by atoms with Crippen molar-refractivity contribution in [1.82, 2.24) is 5.32 Å². The van der Waals surface area contributed by atoms with Crippen molar-refractivity contribution in [3.63, 3.8) is 0 Å². The van der Waals surface area contributed by atoms with Crippen LogP contribution in [0.1, 0.15) is 38.5 Å². The van der Waals surface area contributed by atoms with Gasteiger partial charge in [-0.15, -0.1) is 0 Å². The first-order valence-corrected chi connectivity index (χ1v) is 13.3. The fourth-order valence-corrected chi connectivity index (χ4v) is 5.98. The summed E-state index contributed by atoms with van der Waals surface area (Å²) < 4.78 is 0. The van der Waals surface area contributed by atoms with Crippen molar-refractivity contribution < 1.29 is 4.79 Å². The molecule has 1 aromatic carbocycles. The summed E-state index contributed by atoms with van der Waals surface area (Å²) in [6.07, 6.45) is 13.3. The third kappa shape index (κ3) is 11.3. The number of carbonyl (C=O) groups is 1. The Morgan fingerprint density at radius 1 is 1.29 bits per heavy atom. The quantitative estimate of drug-likeness (QED) is 0.131. The molecule has 0 spiro atoms. The van der Waals surface area contributed by atoms with Crippen LogP contribution in [-0.4, -0.2) is 49.5 Å². The average molecular weight is 459 g/mol. The largest absolute Gasteiger partial charge is 0.356 e. The van der Waals surface area contributed by atoms with E-state index in [1.54, 1.807) is 18.5 Å². The van der Waals surface area contributed by atoms with Crippen LogP contribution >= 0.6 is 21.6 Å². The number of rotatable bonds is 14. The Morgan fingerprint density at radius 2 is 2.13 bits per heavy atom. The molecule has 0 aliphatic carbocycles. The van der Waals surface area contributed by atoms with Gasteiger partial charge in [-0.1, -0.05) is 58.9 Å². The number of hydrazone groups is 1. The standard InChI is InChI=1S/C24H34N4OS2/c1-3-21(20-27-28(2)22-10-5-4-6-11-22)14-18-25-16-9-17-26-24(29)13-8-7-12-23-15-19-30-31-23/h3-6,10-11,14,18,20,23H,1,7-9,12-13,15-17,19H2,2H3,(H,26,29)/b21-14+,25-18?,27-20+. The molecular weight excluding hydrogens is 424 g/mol. The molecule has 1 N–H and O–H groups in total. The molecule has 1 saturated heterocycles. The average Bonchev–Trinajstić information content (AvgIpc) is 3.32. The molecule has 0 saturated carbocycles. The van der Waals surface area contributed by atoms with E-state index in [2.05, 4.69) is 22.0 Å². The van der Waals surface area contributed by atoms with Crippen molar-refractivity contribution in [3.8, 4) is 0 Å². The van der Waals surface area contributed by atoms with Crippen molar-refractivity contribution in [2.75, 3.05) is 30.9 Å². The first kappa shape index (κ1) is 25.3. The molecule has 0 radical (unpaired) electrons. The summed E-state index contributed by atoms with van der Waals surface area (Å²) in [7, 11) is 5.90. The van der Waals surface area contributed by atoms with E-state index >= 15 is 0 Å². The smallest absolute Gasteiger partial charge is 0.219 e. The monoisotopic (exact) mass is 458 g/mol. The maximum Gasteiger partial charge on any atom is 0.219 e. The third-order valence-corrected chi connectivity index (χ3v) is 7.82. The molecule has 2 rings (SSSR count). The number of para-hydroxylation sites is 1. The number of anilines is 1. The number of allylic oxidation sites excluding steroid dienone is 3. The number of aliphatic imine (C=N–C) groups is 1. The molecule has 1 unspecified atom stereocenters. The van der Waals surface area contributed by atoms with E-state index in [0.717, 1.165) is 35.8 Å². The van der Waals surface area contributed by atoms with E-state index in [1.165, 1.54) is 18.6 Å². The highest BCUT2D eigenvalue weighted by atomic mass is 33.1. The Balaban J connectivity index is 1.55. The number of hydrogen-bond acceptors (Lipinski definition) is 6. The lowest BCUT2D eigenvalue weighted by molar-refractivity contribution is -0.121. The van der Waals surface area contributed by atoms with Gasteiger partial charge in [0.05, 0.1) is 11.9 Å². The zero-order valence-electron chi connectivity index (χ0n) is 18.4. The van der Waals surface area contributed by atoms with Crippen LogP contribution in [0, 0.1) is 0 Å². The van der Waals surface area contributed by atoms with Crippen molar-refractivity contribution in [1.29, 1.82) is 0 Å². The summed E-state index contributed by atoms with van der Waals surface area (Å²) in [5, 5.41) is 10.0. The Labute approximate surface area is 194 Å². The summed E-state index contributed by atoms with van der Waals surface area (Å²) >= 11 is 0. The van der Waals surface area contributed by atoms with Gasteiger partial charge in [0.25, 0.3) is 0 Å². The zero-order chi connectivity index (χ0) is 22.2. The molecule has 0 aromatic heterocycles. The maximum absolute atomic E-state index is 11.9. The molecule has 1 aromatic rings. The maximum atomic E-state index is 11.9. The first-order valence-electron chi connectivity index (χ1n) is 10.9. The lowest BCUT2D eigenvalue weighted by Crippen LogP contribution is -2.24. The summed E-state index contributed by atoms with van der Waals surface area (Å²) in [6.45, 7) is 5.18. The summed E-state index contributed by atoms with van der Waals surface area (Å²) in [4.78, 5) is 16.3. The van der Waals surface area contributed by atoms with Crippen molar-refractivity contribution in [2.24, 2.45) is 10.1 Å². The van der Waals surface area contributed by atoms with Gasteiger partial charge in [-0.25, -0.2) is 0 Å². The fraction of sp³-hybridized carbons (Fsp3) is 0.458. The van der Waals surface area contributed by atoms with Gasteiger partial charge in [0, 0.05) is 43.8 Å². The Hall–Kier alpha value is -1.99.